The molecule has 0 aliphatic heterocycles. The number of fused-ring (bicyclic) bond motifs is 1. The molecule has 2 rings (SSSR count). The lowest BCUT2D eigenvalue weighted by molar-refractivity contribution is 0.531. The van der Waals surface area contributed by atoms with Crippen LogP contribution < -0.4 is 5.32 Å². The van der Waals surface area contributed by atoms with E-state index in [1.165, 1.54) is 32.1 Å². The number of nitrogens with one attached hydrogen (secondary N) is 1. The van der Waals surface area contributed by atoms with Gasteiger partial charge >= 0.3 is 0 Å². The third-order valence-corrected chi connectivity index (χ3v) is 4.54. The highest BCUT2D eigenvalue weighted by molar-refractivity contribution is 7.10. The maximum Gasteiger partial charge on any atom is 0.0219 e. The van der Waals surface area contributed by atoms with Crippen molar-refractivity contribution in [3.05, 3.63) is 21.4 Å². The molecule has 84 valence electrons. The Kier molecular flexibility index (Phi) is 3.81. The van der Waals surface area contributed by atoms with Crippen LogP contribution in [0.1, 0.15) is 49.1 Å². The van der Waals surface area contributed by atoms with Crippen LogP contribution in [0, 0.1) is 0 Å². The Morgan fingerprint density at radius 2 is 2.20 bits per heavy atom. The van der Waals surface area contributed by atoms with Gasteiger partial charge in [0.2, 0.25) is 0 Å². The number of thiophene rings is 1. The van der Waals surface area contributed by atoms with E-state index < -0.39 is 0 Å². The summed E-state index contributed by atoms with van der Waals surface area (Å²) in [7, 11) is 0. The molecule has 15 heavy (non-hydrogen) atoms. The second-order valence-corrected chi connectivity index (χ2v) is 5.52. The van der Waals surface area contributed by atoms with Crippen LogP contribution in [0.4, 0.5) is 0 Å². The summed E-state index contributed by atoms with van der Waals surface area (Å²) in [5.74, 6) is 0. The quantitative estimate of drug-likeness (QED) is 0.823. The summed E-state index contributed by atoms with van der Waals surface area (Å²) < 4.78 is 0. The Morgan fingerprint density at radius 3 is 3.00 bits per heavy atom. The molecule has 0 radical (unpaired) electrons. The number of hydrogen-bond donors (Lipinski definition) is 1. The molecule has 1 aromatic rings. The lowest BCUT2D eigenvalue weighted by Gasteiger charge is -2.15. The molecule has 0 saturated carbocycles. The molecule has 0 unspecified atom stereocenters. The topological polar surface area (TPSA) is 12.0 Å². The molecule has 0 bridgehead atoms. The summed E-state index contributed by atoms with van der Waals surface area (Å²) in [5, 5.41) is 5.96. The average molecular weight is 223 g/mol. The Hall–Kier alpha value is -0.340. The van der Waals surface area contributed by atoms with E-state index >= 15 is 0 Å². The van der Waals surface area contributed by atoms with E-state index in [1.807, 2.05) is 11.3 Å². The molecule has 0 amide bonds. The lowest BCUT2D eigenvalue weighted by Crippen LogP contribution is -2.24. The standard InChI is InChI=1S/C13H21NS/c1-3-10(2)14-8-11-9-15-13-7-5-4-6-12(11)13/h9-10,14H,3-8H2,1-2H3/t10-/m0/s1. The Bertz CT molecular complexity index is 316. The normalized spacial score (nSPS) is 17.5. The molecule has 1 atom stereocenters. The molecule has 1 N–H and O–H groups in total. The van der Waals surface area contributed by atoms with Gasteiger partial charge in [-0.2, -0.15) is 0 Å². The van der Waals surface area contributed by atoms with Crippen molar-refractivity contribution < 1.29 is 0 Å². The van der Waals surface area contributed by atoms with Gasteiger partial charge in [0, 0.05) is 17.5 Å². The average Bonchev–Trinajstić information content (AvgIpc) is 2.69. The molecule has 2 heteroatoms. The van der Waals surface area contributed by atoms with Crippen LogP contribution in [0.2, 0.25) is 0 Å². The van der Waals surface area contributed by atoms with E-state index in [1.54, 1.807) is 16.0 Å². The minimum atomic E-state index is 0.643. The number of aryl methyl sites for hydroxylation is 1. The van der Waals surface area contributed by atoms with Gasteiger partial charge < -0.3 is 5.32 Å². The van der Waals surface area contributed by atoms with Crippen molar-refractivity contribution in [2.24, 2.45) is 0 Å². The van der Waals surface area contributed by atoms with Gasteiger partial charge in [0.25, 0.3) is 0 Å². The largest absolute Gasteiger partial charge is 0.310 e. The summed E-state index contributed by atoms with van der Waals surface area (Å²) in [6, 6.07) is 0.643. The fourth-order valence-corrected chi connectivity index (χ4v) is 3.29. The summed E-state index contributed by atoms with van der Waals surface area (Å²) in [5.41, 5.74) is 3.23. The molecular weight excluding hydrogens is 202 g/mol. The highest BCUT2D eigenvalue weighted by Crippen LogP contribution is 2.30. The van der Waals surface area contributed by atoms with Crippen LogP contribution in [-0.2, 0) is 19.4 Å². The van der Waals surface area contributed by atoms with Gasteiger partial charge in [0.1, 0.15) is 0 Å². The maximum absolute atomic E-state index is 3.59. The zero-order chi connectivity index (χ0) is 10.7. The van der Waals surface area contributed by atoms with Crippen molar-refractivity contribution >= 4 is 11.3 Å². The third kappa shape index (κ3) is 2.61. The van der Waals surface area contributed by atoms with Crippen molar-refractivity contribution in [1.82, 2.24) is 5.32 Å². The van der Waals surface area contributed by atoms with E-state index in [0.717, 1.165) is 6.54 Å². The minimum absolute atomic E-state index is 0.643. The number of hydrogen-bond acceptors (Lipinski definition) is 2. The Labute approximate surface area is 96.9 Å². The highest BCUT2D eigenvalue weighted by atomic mass is 32.1. The molecule has 1 aliphatic carbocycles. The fraction of sp³-hybridized carbons (Fsp3) is 0.692. The highest BCUT2D eigenvalue weighted by Gasteiger charge is 2.15. The van der Waals surface area contributed by atoms with Gasteiger partial charge in [0.15, 0.2) is 0 Å². The van der Waals surface area contributed by atoms with Crippen molar-refractivity contribution in [2.75, 3.05) is 0 Å². The van der Waals surface area contributed by atoms with E-state index in [-0.39, 0.29) is 0 Å². The smallest absolute Gasteiger partial charge is 0.0219 e. The first-order chi connectivity index (χ1) is 7.31. The van der Waals surface area contributed by atoms with Gasteiger partial charge in [-0.25, -0.2) is 0 Å². The van der Waals surface area contributed by atoms with Gasteiger partial charge in [-0.3, -0.25) is 0 Å². The molecule has 1 aromatic heterocycles. The summed E-state index contributed by atoms with van der Waals surface area (Å²) in [6.07, 6.45) is 6.64. The molecule has 0 spiro atoms. The lowest BCUT2D eigenvalue weighted by atomic mass is 9.96. The molecule has 0 fully saturated rings. The molecule has 0 aromatic carbocycles. The zero-order valence-electron chi connectivity index (χ0n) is 9.81. The predicted molar refractivity (Wildman–Crippen MR) is 67.6 cm³/mol. The van der Waals surface area contributed by atoms with Gasteiger partial charge in [0.05, 0.1) is 0 Å². The van der Waals surface area contributed by atoms with Crippen molar-refractivity contribution in [1.29, 1.82) is 0 Å². The van der Waals surface area contributed by atoms with Crippen LogP contribution in [0.5, 0.6) is 0 Å². The van der Waals surface area contributed by atoms with Gasteiger partial charge in [-0.1, -0.05) is 6.92 Å². The summed E-state index contributed by atoms with van der Waals surface area (Å²) in [4.78, 5) is 1.65. The SMILES string of the molecule is CC[C@H](C)NCc1csc2c1CCCC2. The Balaban J connectivity index is 1.99. The summed E-state index contributed by atoms with van der Waals surface area (Å²) >= 11 is 1.97. The van der Waals surface area contributed by atoms with Crippen LogP contribution in [0.15, 0.2) is 5.38 Å². The van der Waals surface area contributed by atoms with E-state index in [2.05, 4.69) is 24.5 Å². The first-order valence-corrected chi connectivity index (χ1v) is 7.00. The Morgan fingerprint density at radius 1 is 1.40 bits per heavy atom. The summed E-state index contributed by atoms with van der Waals surface area (Å²) in [6.45, 7) is 5.57. The van der Waals surface area contributed by atoms with E-state index in [0.29, 0.717) is 6.04 Å². The van der Waals surface area contributed by atoms with Crippen molar-refractivity contribution in [2.45, 2.75) is 58.5 Å². The molecule has 1 heterocycles. The van der Waals surface area contributed by atoms with Crippen LogP contribution in [-0.4, -0.2) is 6.04 Å². The van der Waals surface area contributed by atoms with E-state index in [9.17, 15) is 0 Å². The first kappa shape index (κ1) is 11.2. The monoisotopic (exact) mass is 223 g/mol. The van der Waals surface area contributed by atoms with E-state index in [4.69, 9.17) is 0 Å². The van der Waals surface area contributed by atoms with Crippen molar-refractivity contribution in [3.63, 3.8) is 0 Å². The van der Waals surface area contributed by atoms with Gasteiger partial charge in [-0.05, 0) is 55.5 Å². The number of rotatable bonds is 4. The second kappa shape index (κ2) is 5.13. The van der Waals surface area contributed by atoms with Crippen LogP contribution >= 0.6 is 11.3 Å². The van der Waals surface area contributed by atoms with Crippen LogP contribution in [0.25, 0.3) is 0 Å². The fourth-order valence-electron chi connectivity index (χ4n) is 2.14. The maximum atomic E-state index is 3.59. The molecular formula is C13H21NS. The molecule has 0 saturated heterocycles. The molecule has 1 aliphatic rings. The minimum Gasteiger partial charge on any atom is -0.310 e. The van der Waals surface area contributed by atoms with Crippen LogP contribution in [0.3, 0.4) is 0 Å². The molecule has 1 nitrogen and oxygen atoms in total. The first-order valence-electron chi connectivity index (χ1n) is 6.12. The zero-order valence-corrected chi connectivity index (χ0v) is 10.6. The predicted octanol–water partition coefficient (Wildman–Crippen LogP) is 3.52. The third-order valence-electron chi connectivity index (χ3n) is 3.40. The van der Waals surface area contributed by atoms with Crippen molar-refractivity contribution in [3.8, 4) is 0 Å². The van der Waals surface area contributed by atoms with Gasteiger partial charge in [-0.15, -0.1) is 11.3 Å². The second-order valence-electron chi connectivity index (χ2n) is 4.56.